The third-order valence-corrected chi connectivity index (χ3v) is 2.59. The molecule has 2 rings (SSSR count). The van der Waals surface area contributed by atoms with Gasteiger partial charge in [0.25, 0.3) is 0 Å². The molecule has 0 bridgehead atoms. The van der Waals surface area contributed by atoms with E-state index in [2.05, 4.69) is 0 Å². The van der Waals surface area contributed by atoms with E-state index in [1.807, 2.05) is 61.5 Å². The number of hydrogen-bond donors (Lipinski definition) is 0. The minimum Gasteiger partial charge on any atom is -0.494 e. The molecule has 0 heterocycles. The second-order valence-corrected chi connectivity index (χ2v) is 4.09. The Morgan fingerprint density at radius 2 is 1.47 bits per heavy atom. The summed E-state index contributed by atoms with van der Waals surface area (Å²) in [6.45, 7) is 3.49. The van der Waals surface area contributed by atoms with Crippen molar-refractivity contribution in [2.24, 2.45) is 0 Å². The van der Waals surface area contributed by atoms with Crippen molar-refractivity contribution in [1.29, 1.82) is 0 Å². The summed E-state index contributed by atoms with van der Waals surface area (Å²) in [4.78, 5) is 10.4. The van der Waals surface area contributed by atoms with Gasteiger partial charge in [0.2, 0.25) is 0 Å². The highest BCUT2D eigenvalue weighted by Gasteiger charge is 1.98. The molecule has 0 fully saturated rings. The van der Waals surface area contributed by atoms with E-state index in [1.54, 1.807) is 0 Å². The van der Waals surface area contributed by atoms with E-state index >= 15 is 0 Å². The summed E-state index contributed by atoms with van der Waals surface area (Å²) >= 11 is 0. The van der Waals surface area contributed by atoms with Gasteiger partial charge in [-0.05, 0) is 30.2 Å². The molecule has 0 saturated carbocycles. The SMILES string of the molecule is CCOc1cccc(COOCc2ccccc2)c1. The second kappa shape index (κ2) is 7.56. The average Bonchev–Trinajstić information content (AvgIpc) is 2.46. The van der Waals surface area contributed by atoms with Gasteiger partial charge in [-0.15, -0.1) is 0 Å². The van der Waals surface area contributed by atoms with Crippen LogP contribution in [0.2, 0.25) is 0 Å². The van der Waals surface area contributed by atoms with Crippen LogP contribution in [0, 0.1) is 0 Å². The third kappa shape index (κ3) is 4.73. The van der Waals surface area contributed by atoms with Crippen LogP contribution in [0.3, 0.4) is 0 Å². The first-order chi connectivity index (χ1) is 9.38. The largest absolute Gasteiger partial charge is 0.494 e. The zero-order chi connectivity index (χ0) is 13.3. The van der Waals surface area contributed by atoms with Crippen LogP contribution in [0.15, 0.2) is 54.6 Å². The Balaban J connectivity index is 1.75. The van der Waals surface area contributed by atoms with Crippen molar-refractivity contribution in [3.63, 3.8) is 0 Å². The molecule has 2 aromatic rings. The summed E-state index contributed by atoms with van der Waals surface area (Å²) in [5.41, 5.74) is 2.12. The van der Waals surface area contributed by atoms with Gasteiger partial charge in [-0.1, -0.05) is 42.5 Å². The van der Waals surface area contributed by atoms with Gasteiger partial charge < -0.3 is 4.74 Å². The lowest BCUT2D eigenvalue weighted by atomic mass is 10.2. The standard InChI is InChI=1S/C16H18O3/c1-2-17-16-10-6-9-15(11-16)13-19-18-12-14-7-4-3-5-8-14/h3-11H,2,12-13H2,1H3. The van der Waals surface area contributed by atoms with Crippen molar-refractivity contribution in [1.82, 2.24) is 0 Å². The molecular weight excluding hydrogens is 240 g/mol. The molecule has 0 aliphatic rings. The van der Waals surface area contributed by atoms with Gasteiger partial charge >= 0.3 is 0 Å². The minimum atomic E-state index is 0.410. The molecule has 0 N–H and O–H groups in total. The maximum absolute atomic E-state index is 5.43. The Morgan fingerprint density at radius 1 is 0.789 bits per heavy atom. The quantitative estimate of drug-likeness (QED) is 0.430. The molecule has 3 heteroatoms. The smallest absolute Gasteiger partial charge is 0.119 e. The van der Waals surface area contributed by atoms with Crippen LogP contribution < -0.4 is 4.74 Å². The molecule has 19 heavy (non-hydrogen) atoms. The summed E-state index contributed by atoms with van der Waals surface area (Å²) in [5, 5.41) is 0. The van der Waals surface area contributed by atoms with Gasteiger partial charge in [-0.3, -0.25) is 0 Å². The van der Waals surface area contributed by atoms with Crippen molar-refractivity contribution < 1.29 is 14.5 Å². The minimum absolute atomic E-state index is 0.410. The average molecular weight is 258 g/mol. The first kappa shape index (κ1) is 13.6. The maximum atomic E-state index is 5.43. The van der Waals surface area contributed by atoms with E-state index in [-0.39, 0.29) is 0 Å². The summed E-state index contributed by atoms with van der Waals surface area (Å²) < 4.78 is 5.43. The van der Waals surface area contributed by atoms with Crippen molar-refractivity contribution in [3.05, 3.63) is 65.7 Å². The predicted molar refractivity (Wildman–Crippen MR) is 73.6 cm³/mol. The van der Waals surface area contributed by atoms with Crippen LogP contribution in [0.4, 0.5) is 0 Å². The number of rotatable bonds is 7. The molecule has 0 atom stereocenters. The lowest BCUT2D eigenvalue weighted by Gasteiger charge is -2.07. The van der Waals surface area contributed by atoms with E-state index in [0.717, 1.165) is 16.9 Å². The zero-order valence-corrected chi connectivity index (χ0v) is 11.0. The van der Waals surface area contributed by atoms with Crippen LogP contribution >= 0.6 is 0 Å². The number of hydrogen-bond acceptors (Lipinski definition) is 3. The van der Waals surface area contributed by atoms with Gasteiger partial charge in [0.05, 0.1) is 6.61 Å². The topological polar surface area (TPSA) is 27.7 Å². The van der Waals surface area contributed by atoms with E-state index in [4.69, 9.17) is 14.5 Å². The molecular formula is C16H18O3. The Labute approximate surface area is 113 Å². The van der Waals surface area contributed by atoms with Crippen LogP contribution in [-0.2, 0) is 23.0 Å². The first-order valence-corrected chi connectivity index (χ1v) is 6.38. The monoisotopic (exact) mass is 258 g/mol. The van der Waals surface area contributed by atoms with E-state index < -0.39 is 0 Å². The zero-order valence-electron chi connectivity index (χ0n) is 11.0. The van der Waals surface area contributed by atoms with Crippen molar-refractivity contribution in [2.45, 2.75) is 20.1 Å². The summed E-state index contributed by atoms with van der Waals surface area (Å²) in [6.07, 6.45) is 0. The Kier molecular flexibility index (Phi) is 5.41. The maximum Gasteiger partial charge on any atom is 0.119 e. The van der Waals surface area contributed by atoms with Crippen molar-refractivity contribution in [2.75, 3.05) is 6.61 Å². The van der Waals surface area contributed by atoms with Crippen molar-refractivity contribution >= 4 is 0 Å². The second-order valence-electron chi connectivity index (χ2n) is 4.09. The molecule has 0 radical (unpaired) electrons. The first-order valence-electron chi connectivity index (χ1n) is 6.38. The predicted octanol–water partition coefficient (Wildman–Crippen LogP) is 3.73. The Hall–Kier alpha value is -1.84. The highest BCUT2D eigenvalue weighted by atomic mass is 17.2. The normalized spacial score (nSPS) is 10.4. The molecule has 0 aromatic heterocycles. The van der Waals surface area contributed by atoms with Gasteiger partial charge in [0, 0.05) is 0 Å². The molecule has 3 nitrogen and oxygen atoms in total. The fourth-order valence-corrected chi connectivity index (χ4v) is 1.69. The molecule has 0 amide bonds. The van der Waals surface area contributed by atoms with Crippen LogP contribution in [0.5, 0.6) is 5.75 Å². The molecule has 0 aliphatic carbocycles. The lowest BCUT2D eigenvalue weighted by Crippen LogP contribution is -1.97. The molecule has 0 aliphatic heterocycles. The van der Waals surface area contributed by atoms with E-state index in [0.29, 0.717) is 19.8 Å². The highest BCUT2D eigenvalue weighted by molar-refractivity contribution is 5.27. The molecule has 0 saturated heterocycles. The summed E-state index contributed by atoms with van der Waals surface area (Å²) in [7, 11) is 0. The fraction of sp³-hybridized carbons (Fsp3) is 0.250. The molecule has 100 valence electrons. The van der Waals surface area contributed by atoms with Crippen LogP contribution in [-0.4, -0.2) is 6.61 Å². The Morgan fingerprint density at radius 3 is 2.21 bits per heavy atom. The molecule has 0 unspecified atom stereocenters. The number of benzene rings is 2. The van der Waals surface area contributed by atoms with Gasteiger partial charge in [-0.25, -0.2) is 9.78 Å². The molecule has 0 spiro atoms. The van der Waals surface area contributed by atoms with Crippen LogP contribution in [0.25, 0.3) is 0 Å². The lowest BCUT2D eigenvalue weighted by molar-refractivity contribution is -0.313. The summed E-state index contributed by atoms with van der Waals surface area (Å²) in [5.74, 6) is 0.853. The summed E-state index contributed by atoms with van der Waals surface area (Å²) in [6, 6.07) is 17.7. The Bertz CT molecular complexity index is 482. The van der Waals surface area contributed by atoms with E-state index in [1.165, 1.54) is 0 Å². The fourth-order valence-electron chi connectivity index (χ4n) is 1.69. The van der Waals surface area contributed by atoms with Gasteiger partial charge in [0.15, 0.2) is 0 Å². The van der Waals surface area contributed by atoms with Crippen molar-refractivity contribution in [3.8, 4) is 5.75 Å². The number of ether oxygens (including phenoxy) is 1. The highest BCUT2D eigenvalue weighted by Crippen LogP contribution is 2.14. The van der Waals surface area contributed by atoms with Gasteiger partial charge in [0.1, 0.15) is 19.0 Å². The van der Waals surface area contributed by atoms with E-state index in [9.17, 15) is 0 Å². The molecule has 2 aromatic carbocycles. The van der Waals surface area contributed by atoms with Gasteiger partial charge in [-0.2, -0.15) is 0 Å². The van der Waals surface area contributed by atoms with Crippen LogP contribution in [0.1, 0.15) is 18.1 Å². The third-order valence-electron chi connectivity index (χ3n) is 2.59.